The number of aliphatic imine (C=N–C) groups is 1. The maximum Gasteiger partial charge on any atom is 0.191 e. The first-order chi connectivity index (χ1) is 13.6. The number of fused-ring (bicyclic) bond motifs is 1. The maximum absolute atomic E-state index is 5.48. The zero-order chi connectivity index (χ0) is 19.9. The smallest absolute Gasteiger partial charge is 0.191 e. The van der Waals surface area contributed by atoms with E-state index in [9.17, 15) is 0 Å². The molecule has 0 bridgehead atoms. The van der Waals surface area contributed by atoms with Gasteiger partial charge in [0.1, 0.15) is 16.5 Å². The standard InChI is InChI=1S/C20H27N5O2S.HI/c1-13-11-23-19(28-13)12-24-20(21-2)22-7-5-6-14-8-16-17(25-14)9-15(26-3)10-18(16)27-4;/h8-11,25H,5-7,12H2,1-4H3,(H2,21,22,24);1H. The van der Waals surface area contributed by atoms with Crippen LogP contribution in [0.3, 0.4) is 0 Å². The van der Waals surface area contributed by atoms with Gasteiger partial charge in [-0.2, -0.15) is 0 Å². The number of H-pyrrole nitrogens is 1. The van der Waals surface area contributed by atoms with E-state index in [4.69, 9.17) is 9.47 Å². The van der Waals surface area contributed by atoms with Crippen molar-refractivity contribution >= 4 is 52.2 Å². The Morgan fingerprint density at radius 3 is 2.69 bits per heavy atom. The molecule has 29 heavy (non-hydrogen) atoms. The van der Waals surface area contributed by atoms with E-state index in [-0.39, 0.29) is 24.0 Å². The van der Waals surface area contributed by atoms with Gasteiger partial charge >= 0.3 is 0 Å². The van der Waals surface area contributed by atoms with Crippen molar-refractivity contribution in [3.63, 3.8) is 0 Å². The Hall–Kier alpha value is -2.01. The van der Waals surface area contributed by atoms with Gasteiger partial charge in [-0.15, -0.1) is 35.3 Å². The van der Waals surface area contributed by atoms with Crippen LogP contribution in [0.2, 0.25) is 0 Å². The van der Waals surface area contributed by atoms with Gasteiger partial charge in [-0.3, -0.25) is 4.99 Å². The number of hydrogen-bond donors (Lipinski definition) is 3. The second kappa shape index (κ2) is 11.2. The van der Waals surface area contributed by atoms with Crippen molar-refractivity contribution in [2.24, 2.45) is 4.99 Å². The average molecular weight is 529 g/mol. The molecule has 0 spiro atoms. The van der Waals surface area contributed by atoms with Gasteiger partial charge in [0.15, 0.2) is 5.96 Å². The van der Waals surface area contributed by atoms with E-state index in [1.807, 2.05) is 18.3 Å². The molecule has 0 fully saturated rings. The van der Waals surface area contributed by atoms with E-state index in [0.29, 0.717) is 6.54 Å². The van der Waals surface area contributed by atoms with Crippen molar-refractivity contribution in [2.45, 2.75) is 26.3 Å². The van der Waals surface area contributed by atoms with Crippen LogP contribution < -0.4 is 20.1 Å². The van der Waals surface area contributed by atoms with E-state index in [2.05, 4.69) is 38.6 Å². The fourth-order valence-corrected chi connectivity index (χ4v) is 3.73. The number of benzene rings is 1. The first-order valence-electron chi connectivity index (χ1n) is 9.22. The lowest BCUT2D eigenvalue weighted by Crippen LogP contribution is -2.37. The molecule has 2 heterocycles. The summed E-state index contributed by atoms with van der Waals surface area (Å²) in [6, 6.07) is 6.04. The molecule has 0 unspecified atom stereocenters. The third kappa shape index (κ3) is 6.23. The number of thiazole rings is 1. The van der Waals surface area contributed by atoms with E-state index in [0.717, 1.165) is 52.8 Å². The quantitative estimate of drug-likeness (QED) is 0.179. The minimum absolute atomic E-state index is 0. The highest BCUT2D eigenvalue weighted by atomic mass is 127. The van der Waals surface area contributed by atoms with Gasteiger partial charge in [-0.05, 0) is 25.8 Å². The second-order valence-electron chi connectivity index (χ2n) is 6.41. The number of rotatable bonds is 8. The SMILES string of the molecule is CN=C(NCCCc1cc2c(OC)cc(OC)cc2[nH]1)NCc1ncc(C)s1.I. The number of halogens is 1. The molecular formula is C20H28IN5O2S. The summed E-state index contributed by atoms with van der Waals surface area (Å²) in [5.74, 6) is 2.39. The van der Waals surface area contributed by atoms with Crippen molar-refractivity contribution in [3.05, 3.63) is 40.0 Å². The normalized spacial score (nSPS) is 11.2. The topological polar surface area (TPSA) is 83.6 Å². The number of nitrogens with one attached hydrogen (secondary N) is 3. The molecule has 7 nitrogen and oxygen atoms in total. The van der Waals surface area contributed by atoms with E-state index < -0.39 is 0 Å². The Bertz CT molecular complexity index is 954. The van der Waals surface area contributed by atoms with Gasteiger partial charge in [0.25, 0.3) is 0 Å². The average Bonchev–Trinajstić information content (AvgIpc) is 3.31. The van der Waals surface area contributed by atoms with E-state index in [1.165, 1.54) is 10.6 Å². The lowest BCUT2D eigenvalue weighted by molar-refractivity contribution is 0.398. The number of ether oxygens (including phenoxy) is 2. The predicted octanol–water partition coefficient (Wildman–Crippen LogP) is 3.87. The molecule has 0 aliphatic heterocycles. The number of guanidine groups is 1. The van der Waals surface area contributed by atoms with Crippen molar-refractivity contribution in [2.75, 3.05) is 27.8 Å². The molecular weight excluding hydrogens is 501 g/mol. The summed E-state index contributed by atoms with van der Waals surface area (Å²) >= 11 is 1.69. The number of aromatic nitrogens is 2. The molecule has 2 aromatic heterocycles. The molecule has 9 heteroatoms. The molecule has 3 aromatic rings. The summed E-state index contributed by atoms with van der Waals surface area (Å²) in [6.07, 6.45) is 3.79. The molecule has 3 N–H and O–H groups in total. The van der Waals surface area contributed by atoms with E-state index in [1.54, 1.807) is 32.6 Å². The van der Waals surface area contributed by atoms with Gasteiger partial charge in [0.05, 0.1) is 26.3 Å². The Morgan fingerprint density at radius 2 is 2.03 bits per heavy atom. The number of nitrogens with zero attached hydrogens (tertiary/aromatic N) is 2. The molecule has 0 atom stereocenters. The second-order valence-corrected chi connectivity index (χ2v) is 7.73. The fourth-order valence-electron chi connectivity index (χ4n) is 3.01. The molecule has 0 radical (unpaired) electrons. The van der Waals surface area contributed by atoms with E-state index >= 15 is 0 Å². The number of aromatic amines is 1. The van der Waals surface area contributed by atoms with Gasteiger partial charge in [-0.1, -0.05) is 0 Å². The number of hydrogen-bond acceptors (Lipinski definition) is 5. The van der Waals surface area contributed by atoms with Crippen LogP contribution in [-0.4, -0.2) is 43.7 Å². The highest BCUT2D eigenvalue weighted by molar-refractivity contribution is 14.0. The van der Waals surface area contributed by atoms with Crippen LogP contribution in [0.15, 0.2) is 29.4 Å². The van der Waals surface area contributed by atoms with Crippen LogP contribution in [0.25, 0.3) is 10.9 Å². The fraction of sp³-hybridized carbons (Fsp3) is 0.400. The van der Waals surface area contributed by atoms with Crippen molar-refractivity contribution in [3.8, 4) is 11.5 Å². The molecule has 0 aliphatic rings. The van der Waals surface area contributed by atoms with Crippen molar-refractivity contribution in [1.29, 1.82) is 0 Å². The van der Waals surface area contributed by atoms with Gasteiger partial charge in [-0.25, -0.2) is 4.98 Å². The summed E-state index contributed by atoms with van der Waals surface area (Å²) in [4.78, 5) is 13.3. The predicted molar refractivity (Wildman–Crippen MR) is 130 cm³/mol. The molecule has 1 aromatic carbocycles. The monoisotopic (exact) mass is 529 g/mol. The third-order valence-electron chi connectivity index (χ3n) is 4.40. The molecule has 158 valence electrons. The van der Waals surface area contributed by atoms with Crippen LogP contribution in [0.5, 0.6) is 11.5 Å². The summed E-state index contributed by atoms with van der Waals surface area (Å²) < 4.78 is 10.8. The summed E-state index contributed by atoms with van der Waals surface area (Å²) in [5, 5.41) is 8.77. The van der Waals surface area contributed by atoms with Crippen LogP contribution in [-0.2, 0) is 13.0 Å². The van der Waals surface area contributed by atoms with Crippen LogP contribution in [0.4, 0.5) is 0 Å². The van der Waals surface area contributed by atoms with Crippen molar-refractivity contribution in [1.82, 2.24) is 20.6 Å². The summed E-state index contributed by atoms with van der Waals surface area (Å²) in [7, 11) is 5.11. The Labute approximate surface area is 192 Å². The Morgan fingerprint density at radius 1 is 1.21 bits per heavy atom. The molecule has 0 saturated heterocycles. The van der Waals surface area contributed by atoms with Crippen LogP contribution >= 0.6 is 35.3 Å². The molecule has 0 amide bonds. The summed E-state index contributed by atoms with van der Waals surface area (Å²) in [5.41, 5.74) is 2.19. The highest BCUT2D eigenvalue weighted by Crippen LogP contribution is 2.31. The zero-order valence-corrected chi connectivity index (χ0v) is 20.3. The van der Waals surface area contributed by atoms with Gasteiger partial charge < -0.3 is 25.1 Å². The van der Waals surface area contributed by atoms with Gasteiger partial charge in [0.2, 0.25) is 0 Å². The molecule has 3 rings (SSSR count). The molecule has 0 aliphatic carbocycles. The number of methoxy groups -OCH3 is 2. The minimum Gasteiger partial charge on any atom is -0.497 e. The maximum atomic E-state index is 5.48. The lowest BCUT2D eigenvalue weighted by Gasteiger charge is -2.10. The highest BCUT2D eigenvalue weighted by Gasteiger charge is 2.09. The van der Waals surface area contributed by atoms with Crippen LogP contribution in [0.1, 0.15) is 22.0 Å². The largest absolute Gasteiger partial charge is 0.497 e. The lowest BCUT2D eigenvalue weighted by atomic mass is 10.2. The first-order valence-corrected chi connectivity index (χ1v) is 10.0. The number of aryl methyl sites for hydroxylation is 2. The van der Waals surface area contributed by atoms with Crippen LogP contribution in [0, 0.1) is 6.92 Å². The third-order valence-corrected chi connectivity index (χ3v) is 5.31. The first kappa shape index (κ1) is 23.3. The summed E-state index contributed by atoms with van der Waals surface area (Å²) in [6.45, 7) is 3.57. The van der Waals surface area contributed by atoms with Crippen molar-refractivity contribution < 1.29 is 9.47 Å². The minimum atomic E-state index is 0. The van der Waals surface area contributed by atoms with Gasteiger partial charge in [0, 0.05) is 47.9 Å². The zero-order valence-electron chi connectivity index (χ0n) is 17.2. The Balaban J connectivity index is 0.00000300. The molecule has 0 saturated carbocycles. The Kier molecular flexibility index (Phi) is 9.02.